The van der Waals surface area contributed by atoms with Crippen molar-refractivity contribution in [2.75, 3.05) is 38.2 Å². The Morgan fingerprint density at radius 3 is 2.65 bits per heavy atom. The molecule has 0 saturated carbocycles. The van der Waals surface area contributed by atoms with E-state index < -0.39 is 0 Å². The Morgan fingerprint density at radius 1 is 1.25 bits per heavy atom. The predicted octanol–water partition coefficient (Wildman–Crippen LogP) is 1.22. The van der Waals surface area contributed by atoms with Crippen LogP contribution in [0.5, 0.6) is 0 Å². The topological polar surface area (TPSA) is 53.6 Å². The van der Waals surface area contributed by atoms with Gasteiger partial charge >= 0.3 is 0 Å². The molecular formula is C14H19N3O2S. The van der Waals surface area contributed by atoms with Crippen LogP contribution < -0.4 is 10.6 Å². The predicted molar refractivity (Wildman–Crippen MR) is 82.7 cm³/mol. The van der Waals surface area contributed by atoms with Crippen LogP contribution >= 0.6 is 12.2 Å². The van der Waals surface area contributed by atoms with Gasteiger partial charge in [0.1, 0.15) is 0 Å². The smallest absolute Gasteiger partial charge is 0.224 e. The monoisotopic (exact) mass is 293 g/mol. The van der Waals surface area contributed by atoms with E-state index in [0.717, 1.165) is 5.69 Å². The molecule has 0 bridgehead atoms. The zero-order valence-corrected chi connectivity index (χ0v) is 12.1. The third-order valence-corrected chi connectivity index (χ3v) is 3.27. The van der Waals surface area contributed by atoms with E-state index in [1.165, 1.54) is 0 Å². The molecule has 1 heterocycles. The first-order valence-electron chi connectivity index (χ1n) is 6.71. The number of hydrogen-bond acceptors (Lipinski definition) is 3. The largest absolute Gasteiger partial charge is 0.378 e. The Morgan fingerprint density at radius 2 is 1.95 bits per heavy atom. The maximum atomic E-state index is 11.9. The number of morpholine rings is 1. The number of nitrogens with zero attached hydrogens (tertiary/aromatic N) is 1. The highest BCUT2D eigenvalue weighted by Gasteiger charge is 2.16. The van der Waals surface area contributed by atoms with Gasteiger partial charge in [0, 0.05) is 31.7 Å². The molecule has 0 aromatic heterocycles. The van der Waals surface area contributed by atoms with Crippen molar-refractivity contribution in [1.29, 1.82) is 0 Å². The highest BCUT2D eigenvalue weighted by molar-refractivity contribution is 7.80. The quantitative estimate of drug-likeness (QED) is 0.818. The molecule has 1 aliphatic heterocycles. The summed E-state index contributed by atoms with van der Waals surface area (Å²) < 4.78 is 5.22. The van der Waals surface area contributed by atoms with Gasteiger partial charge in [0.2, 0.25) is 5.91 Å². The van der Waals surface area contributed by atoms with Crippen LogP contribution in [-0.4, -0.2) is 48.8 Å². The molecule has 0 atom stereocenters. The van der Waals surface area contributed by atoms with Gasteiger partial charge in [-0.25, -0.2) is 0 Å². The first kappa shape index (κ1) is 14.7. The minimum Gasteiger partial charge on any atom is -0.378 e. The molecule has 0 aliphatic carbocycles. The fraction of sp³-hybridized carbons (Fsp3) is 0.429. The minimum atomic E-state index is 0.142. The van der Waals surface area contributed by atoms with Crippen LogP contribution in [0.4, 0.5) is 5.69 Å². The van der Waals surface area contributed by atoms with Crippen LogP contribution in [0, 0.1) is 0 Å². The molecule has 1 aromatic carbocycles. The highest BCUT2D eigenvalue weighted by atomic mass is 32.1. The van der Waals surface area contributed by atoms with Crippen LogP contribution in [0.25, 0.3) is 0 Å². The molecule has 0 radical (unpaired) electrons. The Labute approximate surface area is 124 Å². The van der Waals surface area contributed by atoms with E-state index in [-0.39, 0.29) is 5.91 Å². The molecule has 2 rings (SSSR count). The number of carbonyl (C=O) groups is 1. The molecule has 1 aliphatic rings. The number of para-hydroxylation sites is 1. The van der Waals surface area contributed by atoms with Crippen LogP contribution in [0.1, 0.15) is 6.42 Å². The van der Waals surface area contributed by atoms with Gasteiger partial charge in [0.05, 0.1) is 13.2 Å². The molecule has 2 N–H and O–H groups in total. The first-order chi connectivity index (χ1) is 9.75. The zero-order valence-electron chi connectivity index (χ0n) is 11.3. The minimum absolute atomic E-state index is 0.142. The van der Waals surface area contributed by atoms with Crippen molar-refractivity contribution < 1.29 is 9.53 Å². The van der Waals surface area contributed by atoms with Gasteiger partial charge < -0.3 is 20.3 Å². The highest BCUT2D eigenvalue weighted by Crippen LogP contribution is 2.04. The van der Waals surface area contributed by atoms with Crippen molar-refractivity contribution in [2.45, 2.75) is 6.42 Å². The molecule has 1 fully saturated rings. The van der Waals surface area contributed by atoms with Crippen LogP contribution in [0.15, 0.2) is 30.3 Å². The Bertz CT molecular complexity index is 447. The van der Waals surface area contributed by atoms with Crippen molar-refractivity contribution in [2.24, 2.45) is 0 Å². The van der Waals surface area contributed by atoms with Gasteiger partial charge in [0.25, 0.3) is 0 Å². The van der Waals surface area contributed by atoms with E-state index in [4.69, 9.17) is 17.0 Å². The average molecular weight is 293 g/mol. The van der Waals surface area contributed by atoms with E-state index in [2.05, 4.69) is 10.6 Å². The number of rotatable bonds is 4. The number of anilines is 1. The maximum Gasteiger partial charge on any atom is 0.224 e. The van der Waals surface area contributed by atoms with Gasteiger partial charge in [-0.1, -0.05) is 18.2 Å². The molecule has 0 unspecified atom stereocenters. The van der Waals surface area contributed by atoms with Crippen LogP contribution in [-0.2, 0) is 9.53 Å². The average Bonchev–Trinajstić information content (AvgIpc) is 2.49. The van der Waals surface area contributed by atoms with E-state index in [1.807, 2.05) is 35.2 Å². The fourth-order valence-corrected chi connectivity index (χ4v) is 2.17. The number of hydrogen-bond donors (Lipinski definition) is 2. The van der Waals surface area contributed by atoms with Crippen LogP contribution in [0.3, 0.4) is 0 Å². The molecule has 108 valence electrons. The molecule has 5 nitrogen and oxygen atoms in total. The summed E-state index contributed by atoms with van der Waals surface area (Å²) in [5.74, 6) is 0.142. The summed E-state index contributed by atoms with van der Waals surface area (Å²) in [6.45, 7) is 3.17. The molecule has 1 amide bonds. The zero-order chi connectivity index (χ0) is 14.2. The SMILES string of the molecule is O=C(CCNC(=S)Nc1ccccc1)N1CCOCC1. The molecule has 0 spiro atoms. The van der Waals surface area contributed by atoms with E-state index >= 15 is 0 Å². The summed E-state index contributed by atoms with van der Waals surface area (Å²) in [6, 6.07) is 9.70. The van der Waals surface area contributed by atoms with Crippen molar-refractivity contribution in [3.8, 4) is 0 Å². The van der Waals surface area contributed by atoms with Gasteiger partial charge in [-0.15, -0.1) is 0 Å². The summed E-state index contributed by atoms with van der Waals surface area (Å²) in [5, 5.41) is 6.65. The summed E-state index contributed by atoms with van der Waals surface area (Å²) >= 11 is 5.18. The number of benzene rings is 1. The van der Waals surface area contributed by atoms with E-state index in [1.54, 1.807) is 0 Å². The van der Waals surface area contributed by atoms with Crippen molar-refractivity contribution in [1.82, 2.24) is 10.2 Å². The van der Waals surface area contributed by atoms with Gasteiger partial charge in [-0.2, -0.15) is 0 Å². The lowest BCUT2D eigenvalue weighted by atomic mass is 10.3. The summed E-state index contributed by atoms with van der Waals surface area (Å²) in [4.78, 5) is 13.7. The molecule has 1 aromatic rings. The second kappa shape index (κ2) is 7.81. The van der Waals surface area contributed by atoms with Crippen molar-refractivity contribution >= 4 is 28.9 Å². The Balaban J connectivity index is 1.65. The number of nitrogens with one attached hydrogen (secondary N) is 2. The normalized spacial score (nSPS) is 14.7. The summed E-state index contributed by atoms with van der Waals surface area (Å²) in [5.41, 5.74) is 0.935. The van der Waals surface area contributed by atoms with Crippen molar-refractivity contribution in [3.05, 3.63) is 30.3 Å². The molecule has 1 saturated heterocycles. The lowest BCUT2D eigenvalue weighted by Gasteiger charge is -2.26. The Hall–Kier alpha value is -1.66. The second-order valence-corrected chi connectivity index (χ2v) is 4.90. The second-order valence-electron chi connectivity index (χ2n) is 4.49. The van der Waals surface area contributed by atoms with Crippen LogP contribution in [0.2, 0.25) is 0 Å². The number of thiocarbonyl (C=S) groups is 1. The number of amides is 1. The van der Waals surface area contributed by atoms with Gasteiger partial charge in [-0.3, -0.25) is 4.79 Å². The third kappa shape index (κ3) is 4.79. The standard InChI is InChI=1S/C14H19N3O2S/c18-13(17-8-10-19-11-9-17)6-7-15-14(20)16-12-4-2-1-3-5-12/h1-5H,6-11H2,(H2,15,16,20). The lowest BCUT2D eigenvalue weighted by Crippen LogP contribution is -2.42. The van der Waals surface area contributed by atoms with Gasteiger partial charge in [0.15, 0.2) is 5.11 Å². The fourth-order valence-electron chi connectivity index (χ4n) is 1.95. The van der Waals surface area contributed by atoms with Crippen molar-refractivity contribution in [3.63, 3.8) is 0 Å². The summed E-state index contributed by atoms with van der Waals surface area (Å²) in [7, 11) is 0. The summed E-state index contributed by atoms with van der Waals surface area (Å²) in [6.07, 6.45) is 0.441. The van der Waals surface area contributed by atoms with E-state index in [9.17, 15) is 4.79 Å². The number of carbonyl (C=O) groups excluding carboxylic acids is 1. The molecule has 6 heteroatoms. The lowest BCUT2D eigenvalue weighted by molar-refractivity contribution is -0.135. The third-order valence-electron chi connectivity index (χ3n) is 3.02. The Kier molecular flexibility index (Phi) is 5.76. The molecular weight excluding hydrogens is 274 g/mol. The maximum absolute atomic E-state index is 11.9. The molecule has 20 heavy (non-hydrogen) atoms. The van der Waals surface area contributed by atoms with E-state index in [0.29, 0.717) is 44.4 Å². The number of ether oxygens (including phenoxy) is 1. The van der Waals surface area contributed by atoms with Gasteiger partial charge in [-0.05, 0) is 24.4 Å². The first-order valence-corrected chi connectivity index (χ1v) is 7.12.